The fourth-order valence-electron chi connectivity index (χ4n) is 2.32. The van der Waals surface area contributed by atoms with Crippen molar-refractivity contribution < 1.29 is 9.59 Å². The molecular formula is C15H25NO2. The van der Waals surface area contributed by atoms with Crippen molar-refractivity contribution in [2.45, 2.75) is 53.9 Å². The highest BCUT2D eigenvalue weighted by molar-refractivity contribution is 6.22. The lowest BCUT2D eigenvalue weighted by Gasteiger charge is -2.29. The molecule has 3 nitrogen and oxygen atoms in total. The minimum atomic E-state index is -0.185. The fraction of sp³-hybridized carbons (Fsp3) is 0.733. The smallest absolute Gasteiger partial charge is 0.168 e. The second-order valence-electron chi connectivity index (χ2n) is 6.47. The SMILES string of the molecule is CC(NCCC(C)C)=C1C(=O)CC(C)(C)CC1=O. The Hall–Kier alpha value is -1.12. The molecule has 3 heteroatoms. The van der Waals surface area contributed by atoms with Gasteiger partial charge in [0, 0.05) is 25.1 Å². The number of hydrogen-bond acceptors (Lipinski definition) is 3. The van der Waals surface area contributed by atoms with E-state index in [0.717, 1.165) is 18.7 Å². The Morgan fingerprint density at radius 2 is 1.72 bits per heavy atom. The summed E-state index contributed by atoms with van der Waals surface area (Å²) in [7, 11) is 0. The number of rotatable bonds is 4. The average Bonchev–Trinajstić information content (AvgIpc) is 2.12. The first-order chi connectivity index (χ1) is 8.23. The molecule has 1 rings (SSSR count). The van der Waals surface area contributed by atoms with E-state index >= 15 is 0 Å². The van der Waals surface area contributed by atoms with Crippen molar-refractivity contribution in [3.8, 4) is 0 Å². The molecule has 0 aromatic rings. The van der Waals surface area contributed by atoms with Gasteiger partial charge in [-0.25, -0.2) is 0 Å². The van der Waals surface area contributed by atoms with Crippen molar-refractivity contribution in [1.82, 2.24) is 5.32 Å². The minimum Gasteiger partial charge on any atom is -0.388 e. The first kappa shape index (κ1) is 14.9. The van der Waals surface area contributed by atoms with E-state index in [-0.39, 0.29) is 17.0 Å². The first-order valence-electron chi connectivity index (χ1n) is 6.74. The number of hydrogen-bond donors (Lipinski definition) is 1. The fourth-order valence-corrected chi connectivity index (χ4v) is 2.32. The van der Waals surface area contributed by atoms with Crippen molar-refractivity contribution in [2.75, 3.05) is 6.54 Å². The summed E-state index contributed by atoms with van der Waals surface area (Å²) >= 11 is 0. The first-order valence-corrected chi connectivity index (χ1v) is 6.74. The zero-order valence-corrected chi connectivity index (χ0v) is 12.2. The summed E-state index contributed by atoms with van der Waals surface area (Å²) in [5.41, 5.74) is 0.967. The van der Waals surface area contributed by atoms with E-state index in [1.54, 1.807) is 0 Å². The van der Waals surface area contributed by atoms with E-state index < -0.39 is 0 Å². The normalized spacial score (nSPS) is 19.3. The summed E-state index contributed by atoms with van der Waals surface area (Å²) in [6, 6.07) is 0. The third kappa shape index (κ3) is 3.97. The molecule has 18 heavy (non-hydrogen) atoms. The Morgan fingerprint density at radius 1 is 1.22 bits per heavy atom. The lowest BCUT2D eigenvalue weighted by atomic mass is 9.73. The molecule has 1 aliphatic rings. The maximum atomic E-state index is 12.0. The quantitative estimate of drug-likeness (QED) is 0.617. The van der Waals surface area contributed by atoms with Crippen LogP contribution in [0.1, 0.15) is 53.9 Å². The highest BCUT2D eigenvalue weighted by atomic mass is 16.2. The summed E-state index contributed by atoms with van der Waals surface area (Å²) < 4.78 is 0. The van der Waals surface area contributed by atoms with Gasteiger partial charge in [0.05, 0.1) is 5.57 Å². The molecule has 0 atom stereocenters. The molecule has 0 heterocycles. The Bertz CT molecular complexity index is 356. The Morgan fingerprint density at radius 3 is 2.17 bits per heavy atom. The van der Waals surface area contributed by atoms with Crippen LogP contribution in [0.15, 0.2) is 11.3 Å². The molecule has 1 saturated carbocycles. The van der Waals surface area contributed by atoms with Crippen LogP contribution in [0, 0.1) is 11.3 Å². The second-order valence-corrected chi connectivity index (χ2v) is 6.47. The lowest BCUT2D eigenvalue weighted by Crippen LogP contribution is -2.34. The molecule has 1 N–H and O–H groups in total. The van der Waals surface area contributed by atoms with Crippen molar-refractivity contribution >= 4 is 11.6 Å². The van der Waals surface area contributed by atoms with Gasteiger partial charge in [-0.3, -0.25) is 9.59 Å². The van der Waals surface area contributed by atoms with Crippen molar-refractivity contribution in [1.29, 1.82) is 0 Å². The number of carbonyl (C=O) groups excluding carboxylic acids is 2. The van der Waals surface area contributed by atoms with Crippen molar-refractivity contribution in [3.05, 3.63) is 11.3 Å². The molecular weight excluding hydrogens is 226 g/mol. The molecule has 0 spiro atoms. The van der Waals surface area contributed by atoms with Gasteiger partial charge < -0.3 is 5.32 Å². The lowest BCUT2D eigenvalue weighted by molar-refractivity contribution is -0.127. The predicted molar refractivity (Wildman–Crippen MR) is 73.2 cm³/mol. The van der Waals surface area contributed by atoms with Gasteiger partial charge in [0.25, 0.3) is 0 Å². The molecule has 1 fully saturated rings. The van der Waals surface area contributed by atoms with Crippen LogP contribution in [-0.4, -0.2) is 18.1 Å². The Balaban J connectivity index is 2.74. The summed E-state index contributed by atoms with van der Waals surface area (Å²) in [4.78, 5) is 24.1. The molecule has 0 aliphatic heterocycles. The predicted octanol–water partition coefficient (Wildman–Crippen LogP) is 2.85. The van der Waals surface area contributed by atoms with E-state index in [1.807, 2.05) is 20.8 Å². The summed E-state index contributed by atoms with van der Waals surface area (Å²) in [5, 5.41) is 3.21. The van der Waals surface area contributed by atoms with Crippen molar-refractivity contribution in [3.63, 3.8) is 0 Å². The van der Waals surface area contributed by atoms with E-state index in [1.165, 1.54) is 0 Å². The number of allylic oxidation sites excluding steroid dienone is 2. The average molecular weight is 251 g/mol. The molecule has 102 valence electrons. The van der Waals surface area contributed by atoms with Gasteiger partial charge >= 0.3 is 0 Å². The second kappa shape index (κ2) is 5.68. The Labute approximate surface area is 110 Å². The van der Waals surface area contributed by atoms with Gasteiger partial charge in [-0.15, -0.1) is 0 Å². The molecule has 0 radical (unpaired) electrons. The molecule has 0 aromatic carbocycles. The van der Waals surface area contributed by atoms with Crippen molar-refractivity contribution in [2.24, 2.45) is 11.3 Å². The van der Waals surface area contributed by atoms with Gasteiger partial charge in [-0.2, -0.15) is 0 Å². The molecule has 0 aromatic heterocycles. The number of ketones is 2. The molecule has 0 amide bonds. The third-order valence-electron chi connectivity index (χ3n) is 3.32. The van der Waals surface area contributed by atoms with E-state index in [0.29, 0.717) is 24.3 Å². The number of nitrogens with one attached hydrogen (secondary N) is 1. The summed E-state index contributed by atoms with van der Waals surface area (Å²) in [6.07, 6.45) is 1.98. The zero-order chi connectivity index (χ0) is 13.9. The van der Waals surface area contributed by atoms with Gasteiger partial charge in [-0.1, -0.05) is 27.7 Å². The molecule has 0 unspecified atom stereocenters. The molecule has 0 saturated heterocycles. The van der Waals surface area contributed by atoms with Gasteiger partial charge in [-0.05, 0) is 24.7 Å². The topological polar surface area (TPSA) is 46.2 Å². The molecule has 0 bridgehead atoms. The van der Waals surface area contributed by atoms with Crippen LogP contribution in [0.4, 0.5) is 0 Å². The van der Waals surface area contributed by atoms with Crippen LogP contribution in [0.3, 0.4) is 0 Å². The van der Waals surface area contributed by atoms with Gasteiger partial charge in [0.1, 0.15) is 0 Å². The summed E-state index contributed by atoms with van der Waals surface area (Å²) in [5.74, 6) is 0.601. The van der Waals surface area contributed by atoms with Crippen LogP contribution in [0.2, 0.25) is 0 Å². The van der Waals surface area contributed by atoms with E-state index in [2.05, 4.69) is 19.2 Å². The number of Topliss-reactive ketones (excluding diaryl/α,β-unsaturated/α-hetero) is 2. The Kier molecular flexibility index (Phi) is 4.71. The maximum Gasteiger partial charge on any atom is 0.168 e. The van der Waals surface area contributed by atoms with Gasteiger partial charge in [0.15, 0.2) is 11.6 Å². The maximum absolute atomic E-state index is 12.0. The van der Waals surface area contributed by atoms with Crippen LogP contribution in [0.25, 0.3) is 0 Å². The zero-order valence-electron chi connectivity index (χ0n) is 12.2. The van der Waals surface area contributed by atoms with Crippen LogP contribution < -0.4 is 5.32 Å². The number of carbonyl (C=O) groups is 2. The largest absolute Gasteiger partial charge is 0.388 e. The highest BCUT2D eigenvalue weighted by Gasteiger charge is 2.36. The third-order valence-corrected chi connectivity index (χ3v) is 3.32. The van der Waals surface area contributed by atoms with Gasteiger partial charge in [0.2, 0.25) is 0 Å². The van der Waals surface area contributed by atoms with E-state index in [4.69, 9.17) is 0 Å². The monoisotopic (exact) mass is 251 g/mol. The van der Waals surface area contributed by atoms with Crippen LogP contribution in [0.5, 0.6) is 0 Å². The van der Waals surface area contributed by atoms with E-state index in [9.17, 15) is 9.59 Å². The molecule has 1 aliphatic carbocycles. The highest BCUT2D eigenvalue weighted by Crippen LogP contribution is 2.34. The summed E-state index contributed by atoms with van der Waals surface area (Å²) in [6.45, 7) is 10.9. The van der Waals surface area contributed by atoms with Crippen LogP contribution >= 0.6 is 0 Å². The standard InChI is InChI=1S/C15H25NO2/c1-10(2)6-7-16-11(3)14-12(17)8-15(4,5)9-13(14)18/h10,16H,6-9H2,1-5H3. The minimum absolute atomic E-state index is 0.00852. The van der Waals surface area contributed by atoms with Crippen LogP contribution in [-0.2, 0) is 9.59 Å².